The molecule has 1 unspecified atom stereocenters. The molecule has 0 radical (unpaired) electrons. The third-order valence-corrected chi connectivity index (χ3v) is 3.95. The Hall–Kier alpha value is -1.37. The number of hydrogen-bond acceptors (Lipinski definition) is 3. The first kappa shape index (κ1) is 17.7. The Morgan fingerprint density at radius 3 is 2.57 bits per heavy atom. The number of rotatable bonds is 6. The van der Waals surface area contributed by atoms with Crippen molar-refractivity contribution in [3.05, 3.63) is 29.3 Å². The largest absolute Gasteiger partial charge is 0.418 e. The van der Waals surface area contributed by atoms with Gasteiger partial charge in [-0.2, -0.15) is 24.9 Å². The zero-order chi connectivity index (χ0) is 16.0. The Labute approximate surface area is 126 Å². The lowest BCUT2D eigenvalue weighted by molar-refractivity contribution is -0.136. The molecule has 1 amide bonds. The van der Waals surface area contributed by atoms with Crippen LogP contribution in [0.25, 0.3) is 0 Å². The SMILES string of the molecule is CCSCC(C)NC(=O)c1ccc(NC)c(C(F)(F)F)c1. The van der Waals surface area contributed by atoms with Gasteiger partial charge in [-0.1, -0.05) is 6.92 Å². The fraction of sp³-hybridized carbons (Fsp3) is 0.500. The monoisotopic (exact) mass is 320 g/mol. The summed E-state index contributed by atoms with van der Waals surface area (Å²) in [5.41, 5.74) is -0.878. The summed E-state index contributed by atoms with van der Waals surface area (Å²) in [4.78, 5) is 12.0. The number of anilines is 1. The van der Waals surface area contributed by atoms with Crippen molar-refractivity contribution in [3.63, 3.8) is 0 Å². The number of benzene rings is 1. The van der Waals surface area contributed by atoms with Gasteiger partial charge in [0.05, 0.1) is 5.56 Å². The molecule has 118 valence electrons. The number of alkyl halides is 3. The van der Waals surface area contributed by atoms with Gasteiger partial charge < -0.3 is 10.6 Å². The molecule has 21 heavy (non-hydrogen) atoms. The second-order valence-corrected chi connectivity index (χ2v) is 5.86. The van der Waals surface area contributed by atoms with Crippen LogP contribution in [0.2, 0.25) is 0 Å². The van der Waals surface area contributed by atoms with Crippen LogP contribution in [0.3, 0.4) is 0 Å². The van der Waals surface area contributed by atoms with Crippen LogP contribution in [-0.2, 0) is 6.18 Å². The fourth-order valence-corrected chi connectivity index (χ4v) is 2.45. The summed E-state index contributed by atoms with van der Waals surface area (Å²) >= 11 is 1.66. The summed E-state index contributed by atoms with van der Waals surface area (Å²) in [7, 11) is 1.41. The van der Waals surface area contributed by atoms with E-state index in [-0.39, 0.29) is 17.3 Å². The van der Waals surface area contributed by atoms with Crippen LogP contribution in [0.4, 0.5) is 18.9 Å². The molecule has 7 heteroatoms. The lowest BCUT2D eigenvalue weighted by Crippen LogP contribution is -2.34. The van der Waals surface area contributed by atoms with E-state index in [0.717, 1.165) is 17.6 Å². The molecule has 0 aromatic heterocycles. The van der Waals surface area contributed by atoms with E-state index < -0.39 is 17.6 Å². The molecular formula is C14H19F3N2OS. The second-order valence-electron chi connectivity index (χ2n) is 4.54. The lowest BCUT2D eigenvalue weighted by Gasteiger charge is -2.16. The van der Waals surface area contributed by atoms with E-state index in [4.69, 9.17) is 0 Å². The molecule has 0 saturated carbocycles. The summed E-state index contributed by atoms with van der Waals surface area (Å²) < 4.78 is 38.8. The molecule has 0 saturated heterocycles. The molecular weight excluding hydrogens is 301 g/mol. The number of nitrogens with one attached hydrogen (secondary N) is 2. The Bertz CT molecular complexity index is 492. The number of thioether (sulfide) groups is 1. The van der Waals surface area contributed by atoms with Gasteiger partial charge in [0.1, 0.15) is 0 Å². The lowest BCUT2D eigenvalue weighted by atomic mass is 10.1. The van der Waals surface area contributed by atoms with Crippen molar-refractivity contribution in [1.29, 1.82) is 0 Å². The van der Waals surface area contributed by atoms with E-state index >= 15 is 0 Å². The molecule has 1 atom stereocenters. The number of amides is 1. The van der Waals surface area contributed by atoms with Crippen LogP contribution >= 0.6 is 11.8 Å². The maximum absolute atomic E-state index is 12.9. The second kappa shape index (κ2) is 7.59. The highest BCUT2D eigenvalue weighted by atomic mass is 32.2. The van der Waals surface area contributed by atoms with Gasteiger partial charge in [0, 0.05) is 30.1 Å². The van der Waals surface area contributed by atoms with E-state index in [0.29, 0.717) is 0 Å². The summed E-state index contributed by atoms with van der Waals surface area (Å²) in [6.45, 7) is 3.83. The standard InChI is InChI=1S/C14H19F3N2OS/c1-4-21-8-9(2)19-13(20)10-5-6-12(18-3)11(7-10)14(15,16)17/h5-7,9,18H,4,8H2,1-3H3,(H,19,20). The van der Waals surface area contributed by atoms with Crippen LogP contribution in [-0.4, -0.2) is 30.5 Å². The third kappa shape index (κ3) is 5.15. The zero-order valence-electron chi connectivity index (χ0n) is 12.2. The van der Waals surface area contributed by atoms with E-state index in [2.05, 4.69) is 10.6 Å². The van der Waals surface area contributed by atoms with E-state index in [1.54, 1.807) is 11.8 Å². The van der Waals surface area contributed by atoms with Gasteiger partial charge in [-0.05, 0) is 30.9 Å². The molecule has 0 aliphatic heterocycles. The van der Waals surface area contributed by atoms with E-state index in [1.807, 2.05) is 13.8 Å². The first-order valence-corrected chi connectivity index (χ1v) is 7.72. The Kier molecular flexibility index (Phi) is 6.39. The highest BCUT2D eigenvalue weighted by Gasteiger charge is 2.34. The molecule has 1 rings (SSSR count). The molecule has 2 N–H and O–H groups in total. The highest BCUT2D eigenvalue weighted by molar-refractivity contribution is 7.99. The van der Waals surface area contributed by atoms with Gasteiger partial charge >= 0.3 is 6.18 Å². The van der Waals surface area contributed by atoms with Crippen LogP contribution in [0.1, 0.15) is 29.8 Å². The summed E-state index contributed by atoms with van der Waals surface area (Å²) in [6.07, 6.45) is -4.50. The highest BCUT2D eigenvalue weighted by Crippen LogP contribution is 2.35. The summed E-state index contributed by atoms with van der Waals surface area (Å²) in [5, 5.41) is 5.18. The molecule has 0 heterocycles. The average molecular weight is 320 g/mol. The van der Waals surface area contributed by atoms with Crippen LogP contribution in [0.15, 0.2) is 18.2 Å². The van der Waals surface area contributed by atoms with Crippen molar-refractivity contribution in [2.75, 3.05) is 23.9 Å². The van der Waals surface area contributed by atoms with Crippen LogP contribution in [0, 0.1) is 0 Å². The molecule has 0 spiro atoms. The van der Waals surface area contributed by atoms with Crippen molar-refractivity contribution >= 4 is 23.4 Å². The molecule has 1 aromatic rings. The maximum Gasteiger partial charge on any atom is 0.418 e. The predicted molar refractivity (Wildman–Crippen MR) is 80.9 cm³/mol. The Morgan fingerprint density at radius 2 is 2.05 bits per heavy atom. The van der Waals surface area contributed by atoms with Crippen molar-refractivity contribution in [2.24, 2.45) is 0 Å². The third-order valence-electron chi connectivity index (χ3n) is 2.81. The molecule has 1 aromatic carbocycles. The quantitative estimate of drug-likeness (QED) is 0.841. The van der Waals surface area contributed by atoms with Crippen LogP contribution < -0.4 is 10.6 Å². The number of hydrogen-bond donors (Lipinski definition) is 2. The van der Waals surface area contributed by atoms with Crippen molar-refractivity contribution in [2.45, 2.75) is 26.1 Å². The minimum absolute atomic E-state index is 0.00896. The van der Waals surface area contributed by atoms with Gasteiger partial charge in [-0.25, -0.2) is 0 Å². The maximum atomic E-state index is 12.9. The predicted octanol–water partition coefficient (Wildman–Crippen LogP) is 3.62. The minimum atomic E-state index is -4.50. The van der Waals surface area contributed by atoms with E-state index in [1.165, 1.54) is 19.2 Å². The van der Waals surface area contributed by atoms with E-state index in [9.17, 15) is 18.0 Å². The number of carbonyl (C=O) groups is 1. The molecule has 0 aliphatic carbocycles. The Morgan fingerprint density at radius 1 is 1.38 bits per heavy atom. The molecule has 0 fully saturated rings. The van der Waals surface area contributed by atoms with Gasteiger partial charge in [0.2, 0.25) is 0 Å². The Balaban J connectivity index is 2.91. The van der Waals surface area contributed by atoms with Crippen molar-refractivity contribution in [1.82, 2.24) is 5.32 Å². The van der Waals surface area contributed by atoms with Crippen LogP contribution in [0.5, 0.6) is 0 Å². The first-order chi connectivity index (χ1) is 9.79. The average Bonchev–Trinajstić information content (AvgIpc) is 2.43. The fourth-order valence-electron chi connectivity index (χ4n) is 1.78. The summed E-state index contributed by atoms with van der Waals surface area (Å²) in [6, 6.07) is 3.43. The number of carbonyl (C=O) groups excluding carboxylic acids is 1. The smallest absolute Gasteiger partial charge is 0.388 e. The topological polar surface area (TPSA) is 41.1 Å². The molecule has 0 bridgehead atoms. The first-order valence-electron chi connectivity index (χ1n) is 6.57. The molecule has 0 aliphatic rings. The summed E-state index contributed by atoms with van der Waals surface area (Å²) in [5.74, 6) is 1.16. The zero-order valence-corrected chi connectivity index (χ0v) is 13.0. The van der Waals surface area contributed by atoms with Gasteiger partial charge in [-0.3, -0.25) is 4.79 Å². The minimum Gasteiger partial charge on any atom is -0.388 e. The van der Waals surface area contributed by atoms with Gasteiger partial charge in [0.15, 0.2) is 0 Å². The number of halogens is 3. The van der Waals surface area contributed by atoms with Gasteiger partial charge in [-0.15, -0.1) is 0 Å². The molecule has 3 nitrogen and oxygen atoms in total. The van der Waals surface area contributed by atoms with Crippen molar-refractivity contribution in [3.8, 4) is 0 Å². The van der Waals surface area contributed by atoms with Crippen molar-refractivity contribution < 1.29 is 18.0 Å². The van der Waals surface area contributed by atoms with Gasteiger partial charge in [0.25, 0.3) is 5.91 Å². The normalized spacial score (nSPS) is 12.9.